The number of phenolic OH excluding ortho intramolecular Hbond substituents is 1. The second-order valence-electron chi connectivity index (χ2n) is 7.24. The maximum Gasteiger partial charge on any atom is 0.294 e. The lowest BCUT2D eigenvalue weighted by Gasteiger charge is -2.19. The van der Waals surface area contributed by atoms with E-state index in [-0.39, 0.29) is 33.5 Å². The number of nitrogens with one attached hydrogen (secondary N) is 1. The Labute approximate surface area is 204 Å². The van der Waals surface area contributed by atoms with Gasteiger partial charge in [-0.3, -0.25) is 9.11 Å². The predicted molar refractivity (Wildman–Crippen MR) is 128 cm³/mol. The van der Waals surface area contributed by atoms with Crippen LogP contribution in [0.1, 0.15) is 0 Å². The zero-order chi connectivity index (χ0) is 25.5. The minimum absolute atomic E-state index is 0.0218. The molecule has 0 unspecified atom stereocenters. The third-order valence-electron chi connectivity index (χ3n) is 4.86. The predicted octanol–water partition coefficient (Wildman–Crippen LogP) is 3.39. The number of hydrogen-bond donors (Lipinski definition) is 4. The molecule has 0 saturated heterocycles. The molecule has 4 aromatic rings. The van der Waals surface area contributed by atoms with Gasteiger partial charge in [-0.25, -0.2) is 0 Å². The van der Waals surface area contributed by atoms with Crippen LogP contribution < -0.4 is 10.2 Å². The molecular formula is C20H16ClN5O7S2. The molecule has 0 atom stereocenters. The first-order chi connectivity index (χ1) is 16.3. The minimum atomic E-state index is -4.54. The van der Waals surface area contributed by atoms with Gasteiger partial charge in [0.1, 0.15) is 5.75 Å². The molecule has 15 heteroatoms. The molecule has 0 aliphatic carbocycles. The van der Waals surface area contributed by atoms with Crippen LogP contribution in [0.15, 0.2) is 64.4 Å². The van der Waals surface area contributed by atoms with Crippen molar-refractivity contribution in [1.82, 2.24) is 15.0 Å². The van der Waals surface area contributed by atoms with Crippen molar-refractivity contribution in [2.45, 2.75) is 9.79 Å². The maximum absolute atomic E-state index is 11.5. The van der Waals surface area contributed by atoms with E-state index >= 15 is 0 Å². The van der Waals surface area contributed by atoms with Gasteiger partial charge >= 0.3 is 0 Å². The molecule has 0 fully saturated rings. The Balaban J connectivity index is 1.70. The Morgan fingerprint density at radius 3 is 2.29 bits per heavy atom. The summed E-state index contributed by atoms with van der Waals surface area (Å²) >= 11 is 6.05. The summed E-state index contributed by atoms with van der Waals surface area (Å²) < 4.78 is 64.3. The normalized spacial score (nSPS) is 12.0. The molecule has 1 aromatic heterocycles. The Morgan fingerprint density at radius 1 is 0.886 bits per heavy atom. The summed E-state index contributed by atoms with van der Waals surface area (Å²) in [7, 11) is -7.36. The summed E-state index contributed by atoms with van der Waals surface area (Å²) in [6.07, 6.45) is 0. The van der Waals surface area contributed by atoms with Gasteiger partial charge in [0.15, 0.2) is 0 Å². The Kier molecular flexibility index (Phi) is 6.25. The van der Waals surface area contributed by atoms with Crippen molar-refractivity contribution >= 4 is 65.9 Å². The van der Waals surface area contributed by atoms with E-state index in [0.29, 0.717) is 16.5 Å². The van der Waals surface area contributed by atoms with Gasteiger partial charge < -0.3 is 15.3 Å². The number of benzene rings is 3. The van der Waals surface area contributed by atoms with Crippen LogP contribution in [0.3, 0.4) is 0 Å². The molecule has 0 spiro atoms. The van der Waals surface area contributed by atoms with Gasteiger partial charge in [0.25, 0.3) is 20.2 Å². The van der Waals surface area contributed by atoms with Crippen LogP contribution in [0.25, 0.3) is 10.8 Å². The highest BCUT2D eigenvalue weighted by Gasteiger charge is 2.17. The van der Waals surface area contributed by atoms with E-state index in [1.165, 1.54) is 35.2 Å². The summed E-state index contributed by atoms with van der Waals surface area (Å²) in [5.41, 5.74) is 0.737. The van der Waals surface area contributed by atoms with Gasteiger partial charge in [-0.15, -0.1) is 0 Å². The third-order valence-corrected chi connectivity index (χ3v) is 6.71. The molecule has 0 bridgehead atoms. The molecule has 4 rings (SSSR count). The third kappa shape index (κ3) is 5.41. The number of halogens is 1. The Hall–Kier alpha value is -3.56. The number of phenols is 1. The smallest absolute Gasteiger partial charge is 0.294 e. The minimum Gasteiger partial charge on any atom is -0.507 e. The van der Waals surface area contributed by atoms with Crippen molar-refractivity contribution in [3.05, 3.63) is 59.9 Å². The van der Waals surface area contributed by atoms with Crippen molar-refractivity contribution in [2.75, 3.05) is 17.3 Å². The summed E-state index contributed by atoms with van der Waals surface area (Å²) in [6.45, 7) is 0. The molecule has 0 radical (unpaired) electrons. The SMILES string of the molecule is CN(c1ccc2c(O)cc(S(=O)(=O)O)cc2c1)c1nc(Cl)nc(Nc2cccc(S(=O)(=O)O)c2)n1. The van der Waals surface area contributed by atoms with E-state index in [2.05, 4.69) is 20.3 Å². The zero-order valence-electron chi connectivity index (χ0n) is 17.7. The Bertz CT molecular complexity index is 1680. The Morgan fingerprint density at radius 2 is 1.60 bits per heavy atom. The number of hydrogen-bond acceptors (Lipinski definition) is 10. The topological polar surface area (TPSA) is 183 Å². The quantitative estimate of drug-likeness (QED) is 0.263. The average Bonchev–Trinajstić information content (AvgIpc) is 2.76. The fourth-order valence-electron chi connectivity index (χ4n) is 3.19. The lowest BCUT2D eigenvalue weighted by Crippen LogP contribution is -2.15. The van der Waals surface area contributed by atoms with Crippen molar-refractivity contribution in [3.63, 3.8) is 0 Å². The van der Waals surface area contributed by atoms with Crippen molar-refractivity contribution in [2.24, 2.45) is 0 Å². The van der Waals surface area contributed by atoms with Crippen LogP contribution in [-0.2, 0) is 20.2 Å². The molecule has 182 valence electrons. The molecule has 0 saturated carbocycles. The second-order valence-corrected chi connectivity index (χ2v) is 10.4. The first-order valence-electron chi connectivity index (χ1n) is 9.55. The molecule has 0 aliphatic heterocycles. The van der Waals surface area contributed by atoms with Gasteiger partial charge in [0, 0.05) is 29.9 Å². The lowest BCUT2D eigenvalue weighted by atomic mass is 10.1. The van der Waals surface area contributed by atoms with E-state index < -0.39 is 25.1 Å². The number of fused-ring (bicyclic) bond motifs is 1. The standard InChI is InChI=1S/C20H16ClN5O7S2/c1-26(13-5-6-16-11(7-13)8-15(10-17(16)27)35(31,32)33)20-24-18(21)23-19(25-20)22-12-3-2-4-14(9-12)34(28,29)30/h2-10,27H,1H3,(H,28,29,30)(H,31,32,33)(H,22,23,24,25). The number of anilines is 4. The maximum atomic E-state index is 11.5. The molecule has 0 aliphatic rings. The highest BCUT2D eigenvalue weighted by atomic mass is 35.5. The van der Waals surface area contributed by atoms with Gasteiger partial charge in [-0.1, -0.05) is 6.07 Å². The number of aromatic nitrogens is 3. The van der Waals surface area contributed by atoms with Crippen LogP contribution in [-0.4, -0.2) is 53.0 Å². The molecule has 35 heavy (non-hydrogen) atoms. The van der Waals surface area contributed by atoms with Crippen LogP contribution in [0, 0.1) is 0 Å². The summed E-state index contributed by atoms with van der Waals surface area (Å²) in [5.74, 6) is -0.273. The largest absolute Gasteiger partial charge is 0.507 e. The fourth-order valence-corrected chi connectivity index (χ4v) is 4.41. The van der Waals surface area contributed by atoms with Crippen LogP contribution in [0.5, 0.6) is 5.75 Å². The van der Waals surface area contributed by atoms with E-state index in [1.807, 2.05) is 0 Å². The molecule has 0 amide bonds. The van der Waals surface area contributed by atoms with Gasteiger partial charge in [-0.05, 0) is 59.5 Å². The first kappa shape index (κ1) is 24.6. The molecule has 3 aromatic carbocycles. The summed E-state index contributed by atoms with van der Waals surface area (Å²) in [5, 5.41) is 13.4. The first-order valence-corrected chi connectivity index (χ1v) is 12.8. The van der Waals surface area contributed by atoms with Crippen molar-refractivity contribution in [1.29, 1.82) is 0 Å². The summed E-state index contributed by atoms with van der Waals surface area (Å²) in [6, 6.07) is 12.2. The van der Waals surface area contributed by atoms with Gasteiger partial charge in [0.2, 0.25) is 17.2 Å². The van der Waals surface area contributed by atoms with Crippen LogP contribution in [0.2, 0.25) is 5.28 Å². The van der Waals surface area contributed by atoms with E-state index in [0.717, 1.165) is 6.07 Å². The molecule has 12 nitrogen and oxygen atoms in total. The molecular weight excluding hydrogens is 522 g/mol. The van der Waals surface area contributed by atoms with E-state index in [9.17, 15) is 31.0 Å². The number of aromatic hydroxyl groups is 1. The average molecular weight is 538 g/mol. The molecule has 1 heterocycles. The zero-order valence-corrected chi connectivity index (χ0v) is 20.0. The highest BCUT2D eigenvalue weighted by molar-refractivity contribution is 7.86. The van der Waals surface area contributed by atoms with Crippen molar-refractivity contribution < 1.29 is 31.0 Å². The number of nitrogens with zero attached hydrogens (tertiary/aromatic N) is 4. The van der Waals surface area contributed by atoms with Gasteiger partial charge in [0.05, 0.1) is 9.79 Å². The monoisotopic (exact) mass is 537 g/mol. The van der Waals surface area contributed by atoms with Crippen LogP contribution >= 0.6 is 11.6 Å². The fraction of sp³-hybridized carbons (Fsp3) is 0.0500. The van der Waals surface area contributed by atoms with E-state index in [1.54, 1.807) is 25.2 Å². The van der Waals surface area contributed by atoms with Crippen LogP contribution in [0.4, 0.5) is 23.3 Å². The summed E-state index contributed by atoms with van der Waals surface area (Å²) in [4.78, 5) is 13.0. The lowest BCUT2D eigenvalue weighted by molar-refractivity contribution is 0.471. The second kappa shape index (κ2) is 8.90. The molecule has 4 N–H and O–H groups in total. The van der Waals surface area contributed by atoms with E-state index in [4.69, 9.17) is 11.6 Å². The highest BCUT2D eigenvalue weighted by Crippen LogP contribution is 2.33. The van der Waals surface area contributed by atoms with Gasteiger partial charge in [-0.2, -0.15) is 31.8 Å². The number of rotatable bonds is 6. The van der Waals surface area contributed by atoms with Crippen molar-refractivity contribution in [3.8, 4) is 5.75 Å².